The summed E-state index contributed by atoms with van der Waals surface area (Å²) in [5, 5.41) is 16.5. The smallest absolute Gasteiger partial charge is 0.257 e. The Labute approximate surface area is 165 Å². The fourth-order valence-electron chi connectivity index (χ4n) is 2.79. The first-order valence-electron chi connectivity index (χ1n) is 8.62. The number of halogens is 2. The second-order valence-corrected chi connectivity index (χ2v) is 7.10. The van der Waals surface area contributed by atoms with Gasteiger partial charge < -0.3 is 15.0 Å². The molecular weight excluding hydrogens is 386 g/mol. The molecule has 28 heavy (non-hydrogen) atoms. The van der Waals surface area contributed by atoms with Gasteiger partial charge in [0.05, 0.1) is 18.8 Å². The number of hydrogen-bond donors (Lipinski definition) is 2. The predicted molar refractivity (Wildman–Crippen MR) is 104 cm³/mol. The number of carbonyl (C=O) groups excluding carboxylic acids is 1. The molecule has 1 amide bonds. The number of nitrogens with one attached hydrogen (secondary N) is 1. The van der Waals surface area contributed by atoms with Gasteiger partial charge in [0.25, 0.3) is 5.91 Å². The molecule has 0 saturated heterocycles. The summed E-state index contributed by atoms with van der Waals surface area (Å²) in [6.45, 7) is -0.189. The summed E-state index contributed by atoms with van der Waals surface area (Å²) < 4.78 is 30.5. The standard InChI is InChI=1S/C19H20F2N4O2S/c1-28-9-6-14(12-26)23-18(27)15-11-22-25(19(15)24-7-2-3-8-24)17-5-4-13(20)10-16(17)21/h2-5,7-8,10-11,14,26H,6,9,12H2,1H3,(H,23,27)/t14-/m0/s1. The van der Waals surface area contributed by atoms with Gasteiger partial charge in [-0.25, -0.2) is 13.5 Å². The van der Waals surface area contributed by atoms with Crippen molar-refractivity contribution >= 4 is 17.7 Å². The lowest BCUT2D eigenvalue weighted by Crippen LogP contribution is -2.38. The maximum absolute atomic E-state index is 14.3. The number of aliphatic hydroxyl groups excluding tert-OH is 1. The molecule has 0 fully saturated rings. The van der Waals surface area contributed by atoms with Crippen LogP contribution in [0.3, 0.4) is 0 Å². The Morgan fingerprint density at radius 3 is 2.71 bits per heavy atom. The van der Waals surface area contributed by atoms with Crippen LogP contribution >= 0.6 is 11.8 Å². The summed E-state index contributed by atoms with van der Waals surface area (Å²) in [6, 6.07) is 6.28. The summed E-state index contributed by atoms with van der Waals surface area (Å²) in [6.07, 6.45) is 7.28. The van der Waals surface area contributed by atoms with Crippen LogP contribution in [0.1, 0.15) is 16.8 Å². The second kappa shape index (κ2) is 9.03. The molecule has 3 rings (SSSR count). The molecular formula is C19H20F2N4O2S. The average molecular weight is 406 g/mol. The Kier molecular flexibility index (Phi) is 6.48. The zero-order valence-electron chi connectivity index (χ0n) is 15.2. The summed E-state index contributed by atoms with van der Waals surface area (Å²) in [5.74, 6) is -0.826. The minimum Gasteiger partial charge on any atom is -0.394 e. The van der Waals surface area contributed by atoms with E-state index in [0.29, 0.717) is 12.2 Å². The number of aromatic nitrogens is 3. The number of nitrogens with zero attached hydrogens (tertiary/aromatic N) is 3. The minimum atomic E-state index is -0.795. The van der Waals surface area contributed by atoms with Crippen molar-refractivity contribution in [3.8, 4) is 11.5 Å². The lowest BCUT2D eigenvalue weighted by molar-refractivity contribution is 0.0915. The number of rotatable bonds is 8. The van der Waals surface area contributed by atoms with E-state index in [9.17, 15) is 18.7 Å². The molecule has 2 heterocycles. The summed E-state index contributed by atoms with van der Waals surface area (Å²) in [5.41, 5.74) is 0.229. The van der Waals surface area contributed by atoms with Gasteiger partial charge in [-0.05, 0) is 42.7 Å². The van der Waals surface area contributed by atoms with Crippen LogP contribution in [0.15, 0.2) is 48.9 Å². The molecule has 0 aliphatic carbocycles. The van der Waals surface area contributed by atoms with Crippen molar-refractivity contribution in [2.24, 2.45) is 0 Å². The Morgan fingerprint density at radius 2 is 2.07 bits per heavy atom. The highest BCUT2D eigenvalue weighted by Crippen LogP contribution is 2.22. The van der Waals surface area contributed by atoms with Crippen molar-refractivity contribution < 1.29 is 18.7 Å². The maximum Gasteiger partial charge on any atom is 0.257 e. The van der Waals surface area contributed by atoms with Crippen LogP contribution in [0.2, 0.25) is 0 Å². The van der Waals surface area contributed by atoms with Gasteiger partial charge >= 0.3 is 0 Å². The Balaban J connectivity index is 2.01. The molecule has 2 N–H and O–H groups in total. The van der Waals surface area contributed by atoms with Crippen LogP contribution in [0.4, 0.5) is 8.78 Å². The highest BCUT2D eigenvalue weighted by Gasteiger charge is 2.23. The molecule has 1 aromatic carbocycles. The zero-order valence-corrected chi connectivity index (χ0v) is 16.0. The minimum absolute atomic E-state index is 0.0187. The number of carbonyl (C=O) groups is 1. The van der Waals surface area contributed by atoms with Crippen molar-refractivity contribution in [2.45, 2.75) is 12.5 Å². The zero-order chi connectivity index (χ0) is 20.1. The van der Waals surface area contributed by atoms with Crippen LogP contribution < -0.4 is 5.32 Å². The van der Waals surface area contributed by atoms with E-state index < -0.39 is 23.6 Å². The van der Waals surface area contributed by atoms with Gasteiger partial charge in [0.2, 0.25) is 0 Å². The summed E-state index contributed by atoms with van der Waals surface area (Å²) in [7, 11) is 0. The quantitative estimate of drug-likeness (QED) is 0.604. The van der Waals surface area contributed by atoms with Gasteiger partial charge in [0, 0.05) is 18.5 Å². The fourth-order valence-corrected chi connectivity index (χ4v) is 3.31. The third-order valence-electron chi connectivity index (χ3n) is 4.20. The normalized spacial score (nSPS) is 12.1. The summed E-state index contributed by atoms with van der Waals surface area (Å²) >= 11 is 1.62. The topological polar surface area (TPSA) is 72.1 Å². The third kappa shape index (κ3) is 4.26. The van der Waals surface area contributed by atoms with Crippen molar-refractivity contribution in [1.82, 2.24) is 19.7 Å². The molecule has 9 heteroatoms. The molecule has 3 aromatic rings. The number of hydrogen-bond acceptors (Lipinski definition) is 4. The molecule has 1 atom stereocenters. The van der Waals surface area contributed by atoms with Crippen molar-refractivity contribution in [3.63, 3.8) is 0 Å². The maximum atomic E-state index is 14.3. The van der Waals surface area contributed by atoms with Crippen LogP contribution in [0, 0.1) is 11.6 Å². The van der Waals surface area contributed by atoms with E-state index in [2.05, 4.69) is 10.4 Å². The molecule has 6 nitrogen and oxygen atoms in total. The second-order valence-electron chi connectivity index (χ2n) is 6.11. The highest BCUT2D eigenvalue weighted by molar-refractivity contribution is 7.98. The van der Waals surface area contributed by atoms with Crippen molar-refractivity contribution in [2.75, 3.05) is 18.6 Å². The van der Waals surface area contributed by atoms with E-state index in [-0.39, 0.29) is 17.9 Å². The Morgan fingerprint density at radius 1 is 1.32 bits per heavy atom. The SMILES string of the molecule is CSCC[C@@H](CO)NC(=O)c1cnn(-c2ccc(F)cc2F)c1-n1cccc1. The van der Waals surface area contributed by atoms with Gasteiger partial charge in [0.15, 0.2) is 11.6 Å². The van der Waals surface area contributed by atoms with E-state index in [1.165, 1.54) is 16.9 Å². The molecule has 0 spiro atoms. The molecule has 2 aromatic heterocycles. The van der Waals surface area contributed by atoms with E-state index >= 15 is 0 Å². The summed E-state index contributed by atoms with van der Waals surface area (Å²) in [4.78, 5) is 12.8. The van der Waals surface area contributed by atoms with Crippen LogP contribution in [0.5, 0.6) is 0 Å². The first kappa shape index (κ1) is 20.1. The largest absolute Gasteiger partial charge is 0.394 e. The van der Waals surface area contributed by atoms with E-state index in [1.807, 2.05) is 6.26 Å². The molecule has 0 aliphatic rings. The van der Waals surface area contributed by atoms with E-state index in [4.69, 9.17) is 0 Å². The monoisotopic (exact) mass is 406 g/mol. The highest BCUT2D eigenvalue weighted by atomic mass is 32.2. The predicted octanol–water partition coefficient (Wildman–Crippen LogP) is 2.79. The molecule has 0 unspecified atom stereocenters. The first-order valence-corrected chi connectivity index (χ1v) is 10.0. The third-order valence-corrected chi connectivity index (χ3v) is 4.85. The molecule has 148 valence electrons. The molecule has 0 saturated carbocycles. The number of benzene rings is 1. The van der Waals surface area contributed by atoms with Crippen molar-refractivity contribution in [3.05, 3.63) is 66.1 Å². The van der Waals surface area contributed by atoms with Crippen LogP contribution in [-0.4, -0.2) is 50.0 Å². The van der Waals surface area contributed by atoms with Gasteiger partial charge in [-0.1, -0.05) is 0 Å². The van der Waals surface area contributed by atoms with Crippen molar-refractivity contribution in [1.29, 1.82) is 0 Å². The van der Waals surface area contributed by atoms with Crippen LogP contribution in [-0.2, 0) is 0 Å². The van der Waals surface area contributed by atoms with Gasteiger partial charge in [-0.2, -0.15) is 16.9 Å². The Hall–Kier alpha value is -2.65. The molecule has 0 aliphatic heterocycles. The van der Waals surface area contributed by atoms with Crippen LogP contribution in [0.25, 0.3) is 11.5 Å². The Bertz CT molecular complexity index is 944. The van der Waals surface area contributed by atoms with E-state index in [0.717, 1.165) is 17.9 Å². The van der Waals surface area contributed by atoms with Gasteiger partial charge in [-0.3, -0.25) is 4.79 Å². The number of amides is 1. The van der Waals surface area contributed by atoms with Gasteiger partial charge in [-0.15, -0.1) is 0 Å². The number of aliphatic hydroxyl groups is 1. The molecule has 0 bridgehead atoms. The first-order chi connectivity index (χ1) is 13.5. The average Bonchev–Trinajstić information content (AvgIpc) is 3.34. The lowest BCUT2D eigenvalue weighted by atomic mass is 10.2. The van der Waals surface area contributed by atoms with E-state index in [1.54, 1.807) is 40.9 Å². The molecule has 0 radical (unpaired) electrons. The number of thioether (sulfide) groups is 1. The lowest BCUT2D eigenvalue weighted by Gasteiger charge is -2.16. The van der Waals surface area contributed by atoms with Gasteiger partial charge in [0.1, 0.15) is 17.1 Å². The fraction of sp³-hybridized carbons (Fsp3) is 0.263.